The summed E-state index contributed by atoms with van der Waals surface area (Å²) in [4.78, 5) is 2.17. The Bertz CT molecular complexity index is 434. The van der Waals surface area contributed by atoms with Gasteiger partial charge in [0.1, 0.15) is 5.82 Å². The number of rotatable bonds is 2. The van der Waals surface area contributed by atoms with Crippen LogP contribution >= 0.6 is 0 Å². The number of benzene rings is 1. The SMILES string of the molecule is CC1CN(c2cccc(F)c2CN)CC(C)(C)O1. The summed E-state index contributed by atoms with van der Waals surface area (Å²) in [5, 5.41) is 0. The van der Waals surface area contributed by atoms with Crippen molar-refractivity contribution < 1.29 is 9.13 Å². The number of hydrogen-bond donors (Lipinski definition) is 1. The van der Waals surface area contributed by atoms with Gasteiger partial charge in [0, 0.05) is 30.9 Å². The molecule has 0 bridgehead atoms. The van der Waals surface area contributed by atoms with Crippen LogP contribution in [-0.4, -0.2) is 24.8 Å². The fourth-order valence-corrected chi connectivity index (χ4v) is 2.68. The Morgan fingerprint density at radius 3 is 2.83 bits per heavy atom. The van der Waals surface area contributed by atoms with Crippen molar-refractivity contribution in [1.82, 2.24) is 0 Å². The van der Waals surface area contributed by atoms with Gasteiger partial charge in [0.25, 0.3) is 0 Å². The molecule has 3 nitrogen and oxygen atoms in total. The molecule has 1 aromatic rings. The monoisotopic (exact) mass is 252 g/mol. The standard InChI is InChI=1S/C14H21FN2O/c1-10-8-17(9-14(2,3)18-10)13-6-4-5-12(15)11(13)7-16/h4-6,10H,7-9,16H2,1-3H3. The first kappa shape index (κ1) is 13.3. The normalized spacial score (nSPS) is 23.2. The van der Waals surface area contributed by atoms with Gasteiger partial charge in [0.15, 0.2) is 0 Å². The highest BCUT2D eigenvalue weighted by Crippen LogP contribution is 2.29. The highest BCUT2D eigenvalue weighted by atomic mass is 19.1. The van der Waals surface area contributed by atoms with Crippen molar-refractivity contribution in [3.8, 4) is 0 Å². The highest BCUT2D eigenvalue weighted by Gasteiger charge is 2.32. The van der Waals surface area contributed by atoms with Crippen molar-refractivity contribution in [3.05, 3.63) is 29.6 Å². The van der Waals surface area contributed by atoms with Crippen molar-refractivity contribution in [2.24, 2.45) is 5.73 Å². The molecule has 1 saturated heterocycles. The van der Waals surface area contributed by atoms with Gasteiger partial charge in [-0.25, -0.2) is 4.39 Å². The van der Waals surface area contributed by atoms with Crippen molar-refractivity contribution in [3.63, 3.8) is 0 Å². The van der Waals surface area contributed by atoms with Crippen LogP contribution in [0.3, 0.4) is 0 Å². The average Bonchev–Trinajstić information content (AvgIpc) is 2.25. The third kappa shape index (κ3) is 2.65. The van der Waals surface area contributed by atoms with Crippen LogP contribution in [0.5, 0.6) is 0 Å². The zero-order valence-electron chi connectivity index (χ0n) is 11.2. The van der Waals surface area contributed by atoms with Gasteiger partial charge in [-0.15, -0.1) is 0 Å². The summed E-state index contributed by atoms with van der Waals surface area (Å²) in [6.45, 7) is 7.87. The van der Waals surface area contributed by atoms with Gasteiger partial charge < -0.3 is 15.4 Å². The second-order valence-electron chi connectivity index (χ2n) is 5.51. The molecule has 0 saturated carbocycles. The summed E-state index contributed by atoms with van der Waals surface area (Å²) in [6, 6.07) is 5.12. The van der Waals surface area contributed by atoms with E-state index in [1.807, 2.05) is 13.0 Å². The quantitative estimate of drug-likeness (QED) is 0.877. The van der Waals surface area contributed by atoms with E-state index in [2.05, 4.69) is 18.7 Å². The summed E-state index contributed by atoms with van der Waals surface area (Å²) >= 11 is 0. The topological polar surface area (TPSA) is 38.5 Å². The summed E-state index contributed by atoms with van der Waals surface area (Å²) in [6.07, 6.45) is 0.127. The molecular formula is C14H21FN2O. The van der Waals surface area contributed by atoms with Gasteiger partial charge in [0.05, 0.1) is 11.7 Å². The van der Waals surface area contributed by atoms with E-state index >= 15 is 0 Å². The van der Waals surface area contributed by atoms with Crippen LogP contribution in [0.2, 0.25) is 0 Å². The third-order valence-electron chi connectivity index (χ3n) is 3.21. The third-order valence-corrected chi connectivity index (χ3v) is 3.21. The predicted molar refractivity (Wildman–Crippen MR) is 71.1 cm³/mol. The smallest absolute Gasteiger partial charge is 0.129 e. The Kier molecular flexibility index (Phi) is 3.59. The minimum atomic E-state index is -0.230. The van der Waals surface area contributed by atoms with Crippen LogP contribution in [0.25, 0.3) is 0 Å². The van der Waals surface area contributed by atoms with Gasteiger partial charge in [-0.05, 0) is 32.9 Å². The van der Waals surface area contributed by atoms with Crippen LogP contribution in [0.15, 0.2) is 18.2 Å². The van der Waals surface area contributed by atoms with E-state index in [1.54, 1.807) is 6.07 Å². The fourth-order valence-electron chi connectivity index (χ4n) is 2.68. The summed E-state index contributed by atoms with van der Waals surface area (Å²) in [5.74, 6) is -0.230. The first-order valence-corrected chi connectivity index (χ1v) is 6.33. The van der Waals surface area contributed by atoms with Gasteiger partial charge >= 0.3 is 0 Å². The fraction of sp³-hybridized carbons (Fsp3) is 0.571. The molecule has 0 amide bonds. The van der Waals surface area contributed by atoms with E-state index in [0.29, 0.717) is 5.56 Å². The maximum Gasteiger partial charge on any atom is 0.129 e. The molecule has 1 aliphatic rings. The van der Waals surface area contributed by atoms with Gasteiger partial charge in [-0.1, -0.05) is 6.07 Å². The number of morpholine rings is 1. The number of ether oxygens (including phenoxy) is 1. The Morgan fingerprint density at radius 1 is 1.50 bits per heavy atom. The molecule has 1 unspecified atom stereocenters. The van der Waals surface area contributed by atoms with Crippen molar-refractivity contribution in [2.75, 3.05) is 18.0 Å². The van der Waals surface area contributed by atoms with E-state index < -0.39 is 0 Å². The molecule has 0 aliphatic carbocycles. The Hall–Kier alpha value is -1.13. The van der Waals surface area contributed by atoms with E-state index in [-0.39, 0.29) is 24.1 Å². The molecular weight excluding hydrogens is 231 g/mol. The molecule has 18 heavy (non-hydrogen) atoms. The minimum Gasteiger partial charge on any atom is -0.369 e. The van der Waals surface area contributed by atoms with Crippen LogP contribution in [0, 0.1) is 5.82 Å². The molecule has 100 valence electrons. The maximum atomic E-state index is 13.8. The van der Waals surface area contributed by atoms with Crippen molar-refractivity contribution >= 4 is 5.69 Å². The summed E-state index contributed by atoms with van der Waals surface area (Å²) in [7, 11) is 0. The molecule has 0 radical (unpaired) electrons. The van der Waals surface area contributed by atoms with Gasteiger partial charge in [-0.3, -0.25) is 0 Å². The Morgan fingerprint density at radius 2 is 2.22 bits per heavy atom. The summed E-state index contributed by atoms with van der Waals surface area (Å²) in [5.41, 5.74) is 6.91. The average molecular weight is 252 g/mol. The van der Waals surface area contributed by atoms with Crippen LogP contribution < -0.4 is 10.6 Å². The molecule has 2 rings (SSSR count). The van der Waals surface area contributed by atoms with Crippen LogP contribution in [0.1, 0.15) is 26.3 Å². The predicted octanol–water partition coefficient (Wildman–Crippen LogP) is 2.29. The molecule has 0 spiro atoms. The molecule has 2 N–H and O–H groups in total. The lowest BCUT2D eigenvalue weighted by atomic mass is 10.0. The first-order valence-electron chi connectivity index (χ1n) is 6.33. The van der Waals surface area contributed by atoms with Crippen LogP contribution in [0.4, 0.5) is 10.1 Å². The van der Waals surface area contributed by atoms with Gasteiger partial charge in [-0.2, -0.15) is 0 Å². The number of anilines is 1. The molecule has 1 aliphatic heterocycles. The number of hydrogen-bond acceptors (Lipinski definition) is 3. The van der Waals surface area contributed by atoms with Crippen molar-refractivity contribution in [2.45, 2.75) is 39.0 Å². The van der Waals surface area contributed by atoms with E-state index in [9.17, 15) is 4.39 Å². The van der Waals surface area contributed by atoms with E-state index in [1.165, 1.54) is 6.07 Å². The molecule has 1 heterocycles. The molecule has 1 aromatic carbocycles. The largest absolute Gasteiger partial charge is 0.369 e. The zero-order valence-corrected chi connectivity index (χ0v) is 11.2. The second kappa shape index (κ2) is 4.86. The second-order valence-corrected chi connectivity index (χ2v) is 5.51. The molecule has 1 atom stereocenters. The van der Waals surface area contributed by atoms with Gasteiger partial charge in [0.2, 0.25) is 0 Å². The first-order chi connectivity index (χ1) is 8.43. The Balaban J connectivity index is 2.34. The lowest BCUT2D eigenvalue weighted by Crippen LogP contribution is -2.52. The maximum absolute atomic E-state index is 13.8. The lowest BCUT2D eigenvalue weighted by molar-refractivity contribution is -0.0750. The van der Waals surface area contributed by atoms with E-state index in [0.717, 1.165) is 18.8 Å². The molecule has 4 heteroatoms. The summed E-state index contributed by atoms with van der Waals surface area (Å²) < 4.78 is 19.6. The molecule has 0 aromatic heterocycles. The zero-order chi connectivity index (χ0) is 13.3. The van der Waals surface area contributed by atoms with E-state index in [4.69, 9.17) is 10.5 Å². The highest BCUT2D eigenvalue weighted by molar-refractivity contribution is 5.55. The number of nitrogens with zero attached hydrogens (tertiary/aromatic N) is 1. The minimum absolute atomic E-state index is 0.127. The molecule has 1 fully saturated rings. The number of halogens is 1. The van der Waals surface area contributed by atoms with Crippen molar-refractivity contribution in [1.29, 1.82) is 0 Å². The van der Waals surface area contributed by atoms with Crippen LogP contribution in [-0.2, 0) is 11.3 Å². The number of nitrogens with two attached hydrogens (primary N) is 1. The Labute approximate surface area is 108 Å². The lowest BCUT2D eigenvalue weighted by Gasteiger charge is -2.43.